The topological polar surface area (TPSA) is 52.1 Å². The van der Waals surface area contributed by atoms with E-state index in [2.05, 4.69) is 25.6 Å². The second kappa shape index (κ2) is 1.98. The van der Waals surface area contributed by atoms with Crippen molar-refractivity contribution in [1.29, 1.82) is 0 Å². The Bertz CT molecular complexity index is 253. The summed E-state index contributed by atoms with van der Waals surface area (Å²) < 4.78 is 9.09. The van der Waals surface area contributed by atoms with Crippen molar-refractivity contribution in [1.82, 2.24) is 10.3 Å². The molecular weight excluding hydrogens is 132 g/mol. The van der Waals surface area contributed by atoms with Gasteiger partial charge in [0.2, 0.25) is 6.26 Å². The minimum Gasteiger partial charge on any atom is -0.364 e. The lowest BCUT2D eigenvalue weighted by molar-refractivity contribution is 0.414. The molecule has 0 saturated heterocycles. The number of aromatic nitrogens is 2. The van der Waals surface area contributed by atoms with Crippen molar-refractivity contribution >= 4 is 0 Å². The quantitative estimate of drug-likeness (QED) is 0.588. The lowest BCUT2D eigenvalue weighted by atomic mass is 10.3. The molecule has 0 bridgehead atoms. The Morgan fingerprint density at radius 3 is 3.10 bits per heavy atom. The smallest absolute Gasteiger partial charge is 0.205 e. The van der Waals surface area contributed by atoms with Crippen molar-refractivity contribution in [3.8, 4) is 11.3 Å². The Kier molecular flexibility index (Phi) is 1.04. The predicted octanol–water partition coefficient (Wildman–Crippen LogP) is 1.13. The molecule has 0 aliphatic carbocycles. The van der Waals surface area contributed by atoms with E-state index in [1.165, 1.54) is 6.26 Å². The monoisotopic (exact) mass is 135 g/mol. The van der Waals surface area contributed by atoms with Gasteiger partial charge in [0.1, 0.15) is 12.0 Å². The molecule has 2 rings (SSSR count). The van der Waals surface area contributed by atoms with Crippen LogP contribution in [0.1, 0.15) is 0 Å². The van der Waals surface area contributed by atoms with Gasteiger partial charge in [-0.2, -0.15) is 0 Å². The molecule has 4 nitrogen and oxygen atoms in total. The Morgan fingerprint density at radius 2 is 2.50 bits per heavy atom. The highest BCUT2D eigenvalue weighted by molar-refractivity contribution is 5.54. The van der Waals surface area contributed by atoms with E-state index in [1.807, 2.05) is 0 Å². The minimum atomic E-state index is 0.682. The van der Waals surface area contributed by atoms with Crippen molar-refractivity contribution in [2.45, 2.75) is 0 Å². The van der Waals surface area contributed by atoms with Crippen molar-refractivity contribution < 1.29 is 9.05 Å². The van der Waals surface area contributed by atoms with Crippen LogP contribution in [0.25, 0.3) is 11.3 Å². The van der Waals surface area contributed by atoms with Gasteiger partial charge in [-0.05, 0) is 0 Å². The van der Waals surface area contributed by atoms with Gasteiger partial charge in [0.05, 0.1) is 11.8 Å². The Labute approximate surface area is 56.4 Å². The number of rotatable bonds is 1. The lowest BCUT2D eigenvalue weighted by Gasteiger charge is -1.78. The summed E-state index contributed by atoms with van der Waals surface area (Å²) in [6.07, 6.45) is 5.52. The van der Waals surface area contributed by atoms with Crippen LogP contribution in [0.5, 0.6) is 0 Å². The van der Waals surface area contributed by atoms with Gasteiger partial charge in [-0.1, -0.05) is 10.3 Å². The van der Waals surface area contributed by atoms with Crippen molar-refractivity contribution in [3.05, 3.63) is 24.8 Å². The maximum absolute atomic E-state index is 4.59. The molecule has 2 heterocycles. The average Bonchev–Trinajstić information content (AvgIpc) is 2.59. The zero-order chi connectivity index (χ0) is 6.81. The molecule has 0 saturated carbocycles. The highest BCUT2D eigenvalue weighted by atomic mass is 16.5. The highest BCUT2D eigenvalue weighted by Gasteiger charge is 2.01. The fraction of sp³-hybridized carbons (Fsp3) is 0. The summed E-state index contributed by atoms with van der Waals surface area (Å²) in [6.45, 7) is 0. The second-order valence-corrected chi connectivity index (χ2v) is 1.74. The molecule has 0 aliphatic rings. The summed E-state index contributed by atoms with van der Waals surface area (Å²) in [7, 11) is 0. The van der Waals surface area contributed by atoms with Crippen LogP contribution in [0, 0.1) is 6.26 Å². The maximum Gasteiger partial charge on any atom is 0.205 e. The first-order valence-corrected chi connectivity index (χ1v) is 2.69. The zero-order valence-corrected chi connectivity index (χ0v) is 4.94. The van der Waals surface area contributed by atoms with Crippen LogP contribution in [0.4, 0.5) is 0 Å². The summed E-state index contributed by atoms with van der Waals surface area (Å²) in [5.41, 5.74) is 1.48. The molecular formula is C6H3N2O2. The first-order valence-electron chi connectivity index (χ1n) is 2.69. The van der Waals surface area contributed by atoms with Gasteiger partial charge in [-0.25, -0.2) is 0 Å². The SMILES string of the molecule is [c]1cc(-c2cnoc2)no1. The van der Waals surface area contributed by atoms with Crippen LogP contribution in [0.3, 0.4) is 0 Å². The number of hydrogen-bond donors (Lipinski definition) is 0. The van der Waals surface area contributed by atoms with E-state index in [1.54, 1.807) is 12.3 Å². The van der Waals surface area contributed by atoms with Gasteiger partial charge in [0, 0.05) is 6.07 Å². The normalized spacial score (nSPS) is 10.0. The molecule has 4 heteroatoms. The number of hydrogen-bond acceptors (Lipinski definition) is 4. The van der Waals surface area contributed by atoms with Crippen molar-refractivity contribution in [2.75, 3.05) is 0 Å². The Morgan fingerprint density at radius 1 is 1.50 bits per heavy atom. The standard InChI is InChI=1S/C6H3N2O2/c1-2-9-8-6(1)5-3-7-10-4-5/h1,3-4H. The van der Waals surface area contributed by atoms with Crippen LogP contribution in [-0.4, -0.2) is 10.3 Å². The molecule has 0 atom stereocenters. The van der Waals surface area contributed by atoms with E-state index in [9.17, 15) is 0 Å². The first kappa shape index (κ1) is 5.22. The van der Waals surface area contributed by atoms with Crippen LogP contribution in [-0.2, 0) is 0 Å². The number of nitrogens with zero attached hydrogens (tertiary/aromatic N) is 2. The van der Waals surface area contributed by atoms with Gasteiger partial charge >= 0.3 is 0 Å². The third-order valence-corrected chi connectivity index (χ3v) is 1.12. The molecule has 49 valence electrons. The van der Waals surface area contributed by atoms with Crippen molar-refractivity contribution in [3.63, 3.8) is 0 Å². The van der Waals surface area contributed by atoms with Crippen LogP contribution >= 0.6 is 0 Å². The largest absolute Gasteiger partial charge is 0.364 e. The van der Waals surface area contributed by atoms with Crippen LogP contribution in [0.2, 0.25) is 0 Å². The van der Waals surface area contributed by atoms with E-state index in [0.717, 1.165) is 5.56 Å². The van der Waals surface area contributed by atoms with Gasteiger partial charge < -0.3 is 9.05 Å². The van der Waals surface area contributed by atoms with Crippen molar-refractivity contribution in [2.24, 2.45) is 0 Å². The lowest BCUT2D eigenvalue weighted by Crippen LogP contribution is -1.68. The van der Waals surface area contributed by atoms with E-state index in [0.29, 0.717) is 5.69 Å². The van der Waals surface area contributed by atoms with Crippen LogP contribution < -0.4 is 0 Å². The average molecular weight is 135 g/mol. The van der Waals surface area contributed by atoms with E-state index in [4.69, 9.17) is 0 Å². The van der Waals surface area contributed by atoms with E-state index in [-0.39, 0.29) is 0 Å². The molecule has 1 radical (unpaired) electrons. The van der Waals surface area contributed by atoms with E-state index >= 15 is 0 Å². The fourth-order valence-corrected chi connectivity index (χ4v) is 0.651. The molecule has 2 aromatic heterocycles. The molecule has 0 fully saturated rings. The summed E-state index contributed by atoms with van der Waals surface area (Å²) >= 11 is 0. The first-order chi connectivity index (χ1) is 4.97. The zero-order valence-electron chi connectivity index (χ0n) is 4.94. The van der Waals surface area contributed by atoms with Gasteiger partial charge in [-0.15, -0.1) is 0 Å². The summed E-state index contributed by atoms with van der Waals surface area (Å²) in [4.78, 5) is 0. The van der Waals surface area contributed by atoms with Gasteiger partial charge in [-0.3, -0.25) is 0 Å². The molecule has 0 unspecified atom stereocenters. The van der Waals surface area contributed by atoms with Crippen LogP contribution in [0.15, 0.2) is 27.6 Å². The fourth-order valence-electron chi connectivity index (χ4n) is 0.651. The molecule has 2 aromatic rings. The predicted molar refractivity (Wildman–Crippen MR) is 30.8 cm³/mol. The molecule has 0 aromatic carbocycles. The summed E-state index contributed by atoms with van der Waals surface area (Å²) in [5.74, 6) is 0. The highest BCUT2D eigenvalue weighted by Crippen LogP contribution is 2.13. The van der Waals surface area contributed by atoms with E-state index < -0.39 is 0 Å². The third-order valence-electron chi connectivity index (χ3n) is 1.12. The minimum absolute atomic E-state index is 0.682. The molecule has 10 heavy (non-hydrogen) atoms. The molecule has 0 amide bonds. The second-order valence-electron chi connectivity index (χ2n) is 1.74. The summed E-state index contributed by atoms with van der Waals surface area (Å²) in [5, 5.41) is 7.14. The molecule has 0 spiro atoms. The third kappa shape index (κ3) is 0.699. The van der Waals surface area contributed by atoms with Gasteiger partial charge in [0.25, 0.3) is 0 Å². The molecule has 0 aliphatic heterocycles. The summed E-state index contributed by atoms with van der Waals surface area (Å²) in [6, 6.07) is 1.62. The maximum atomic E-state index is 4.59. The Hall–Kier alpha value is -1.58. The molecule has 0 N–H and O–H groups in total. The Balaban J connectivity index is 2.48. The van der Waals surface area contributed by atoms with Gasteiger partial charge in [0.15, 0.2) is 0 Å².